The molecule has 0 unspecified atom stereocenters. The highest BCUT2D eigenvalue weighted by atomic mass is 32.1. The summed E-state index contributed by atoms with van der Waals surface area (Å²) in [5.74, 6) is 0.0129. The molecule has 5 nitrogen and oxygen atoms in total. The Balaban J connectivity index is 1.50. The number of thiazole rings is 1. The van der Waals surface area contributed by atoms with Gasteiger partial charge in [-0.25, -0.2) is 4.98 Å². The van der Waals surface area contributed by atoms with E-state index in [2.05, 4.69) is 27.8 Å². The molecule has 1 saturated heterocycles. The summed E-state index contributed by atoms with van der Waals surface area (Å²) in [4.78, 5) is 17.4. The maximum Gasteiger partial charge on any atom is 0.221 e. The van der Waals surface area contributed by atoms with Crippen LogP contribution in [0.25, 0.3) is 10.4 Å². The number of aryl methyl sites for hydroxylation is 1. The van der Waals surface area contributed by atoms with Crippen molar-refractivity contribution in [2.75, 3.05) is 6.54 Å². The zero-order valence-electron chi connectivity index (χ0n) is 13.1. The molecule has 3 N–H and O–H groups in total. The number of aliphatic hydroxyl groups excluding tert-OH is 1. The summed E-state index contributed by atoms with van der Waals surface area (Å²) in [6.07, 6.45) is 0.737. The van der Waals surface area contributed by atoms with E-state index in [4.69, 9.17) is 0 Å². The van der Waals surface area contributed by atoms with E-state index >= 15 is 0 Å². The van der Waals surface area contributed by atoms with Gasteiger partial charge in [0.1, 0.15) is 0 Å². The monoisotopic (exact) mass is 331 g/mol. The fourth-order valence-electron chi connectivity index (χ4n) is 2.80. The summed E-state index contributed by atoms with van der Waals surface area (Å²) in [5.41, 5.74) is 5.13. The van der Waals surface area contributed by atoms with E-state index in [-0.39, 0.29) is 18.1 Å². The van der Waals surface area contributed by atoms with E-state index < -0.39 is 0 Å². The normalized spacial score (nSPS) is 20.6. The summed E-state index contributed by atoms with van der Waals surface area (Å²) < 4.78 is 0. The van der Waals surface area contributed by atoms with Crippen molar-refractivity contribution in [2.45, 2.75) is 38.5 Å². The summed E-state index contributed by atoms with van der Waals surface area (Å²) >= 11 is 1.64. The number of β-amino-alcohol motifs (C(OH)–C–C–N with tert-alkyl or cyclic N) is 1. The zero-order chi connectivity index (χ0) is 16.2. The van der Waals surface area contributed by atoms with Crippen LogP contribution in [0.2, 0.25) is 0 Å². The molecule has 1 fully saturated rings. The van der Waals surface area contributed by atoms with Gasteiger partial charge in [0.25, 0.3) is 0 Å². The number of carbonyl (C=O) groups is 1. The van der Waals surface area contributed by atoms with E-state index in [0.717, 1.165) is 16.8 Å². The van der Waals surface area contributed by atoms with E-state index in [1.807, 2.05) is 24.6 Å². The smallest absolute Gasteiger partial charge is 0.221 e. The van der Waals surface area contributed by atoms with Crippen LogP contribution in [0.15, 0.2) is 29.8 Å². The predicted octanol–water partition coefficient (Wildman–Crippen LogP) is 1.85. The van der Waals surface area contributed by atoms with Gasteiger partial charge in [-0.15, -0.1) is 11.3 Å². The minimum absolute atomic E-state index is 0.0129. The van der Waals surface area contributed by atoms with Crippen LogP contribution >= 0.6 is 11.3 Å². The molecule has 0 spiro atoms. The molecule has 122 valence electrons. The molecule has 2 heterocycles. The van der Waals surface area contributed by atoms with Gasteiger partial charge in [-0.2, -0.15) is 0 Å². The van der Waals surface area contributed by atoms with Gasteiger partial charge < -0.3 is 15.7 Å². The second kappa shape index (κ2) is 7.21. The largest absolute Gasteiger partial charge is 0.392 e. The Kier molecular flexibility index (Phi) is 5.05. The number of rotatable bonds is 5. The van der Waals surface area contributed by atoms with E-state index in [1.165, 1.54) is 4.88 Å². The Morgan fingerprint density at radius 3 is 2.83 bits per heavy atom. The molecule has 1 amide bonds. The van der Waals surface area contributed by atoms with Crippen molar-refractivity contribution in [3.05, 3.63) is 41.0 Å². The highest BCUT2D eigenvalue weighted by Gasteiger charge is 2.23. The van der Waals surface area contributed by atoms with Gasteiger partial charge in [0.2, 0.25) is 5.91 Å². The first-order valence-corrected chi connectivity index (χ1v) is 8.67. The highest BCUT2D eigenvalue weighted by Crippen LogP contribution is 2.27. The van der Waals surface area contributed by atoms with Crippen molar-refractivity contribution in [1.29, 1.82) is 0 Å². The molecule has 0 saturated carbocycles. The second-order valence-corrected chi connectivity index (χ2v) is 6.79. The van der Waals surface area contributed by atoms with E-state index in [9.17, 15) is 9.90 Å². The minimum Gasteiger partial charge on any atom is -0.392 e. The lowest BCUT2D eigenvalue weighted by Crippen LogP contribution is -2.31. The first-order valence-electron chi connectivity index (χ1n) is 7.79. The Morgan fingerprint density at radius 1 is 1.43 bits per heavy atom. The predicted molar refractivity (Wildman–Crippen MR) is 91.2 cm³/mol. The van der Waals surface area contributed by atoms with Crippen molar-refractivity contribution in [1.82, 2.24) is 15.6 Å². The van der Waals surface area contributed by atoms with Gasteiger partial charge >= 0.3 is 0 Å². The first-order chi connectivity index (χ1) is 11.1. The van der Waals surface area contributed by atoms with Gasteiger partial charge in [0, 0.05) is 25.6 Å². The second-order valence-electron chi connectivity index (χ2n) is 5.94. The molecule has 2 atom stereocenters. The van der Waals surface area contributed by atoms with Gasteiger partial charge in [-0.05, 0) is 24.5 Å². The van der Waals surface area contributed by atoms with Crippen molar-refractivity contribution < 1.29 is 9.90 Å². The molecule has 1 aromatic carbocycles. The molecule has 0 radical (unpaired) electrons. The van der Waals surface area contributed by atoms with Crippen LogP contribution < -0.4 is 10.6 Å². The summed E-state index contributed by atoms with van der Waals surface area (Å²) in [6.45, 7) is 3.11. The fraction of sp³-hybridized carbons (Fsp3) is 0.412. The van der Waals surface area contributed by atoms with Gasteiger partial charge in [0.05, 0.1) is 22.2 Å². The number of carbonyl (C=O) groups excluding carboxylic acids is 1. The third kappa shape index (κ3) is 4.16. The van der Waals surface area contributed by atoms with Crippen LogP contribution in [0.5, 0.6) is 0 Å². The molecular weight excluding hydrogens is 310 g/mol. The third-order valence-corrected chi connectivity index (χ3v) is 5.06. The van der Waals surface area contributed by atoms with Crippen molar-refractivity contribution in [2.24, 2.45) is 0 Å². The molecule has 1 aliphatic heterocycles. The van der Waals surface area contributed by atoms with Gasteiger partial charge in [0.15, 0.2) is 0 Å². The molecule has 2 aromatic rings. The van der Waals surface area contributed by atoms with Crippen molar-refractivity contribution >= 4 is 17.2 Å². The summed E-state index contributed by atoms with van der Waals surface area (Å²) in [7, 11) is 0. The first kappa shape index (κ1) is 16.1. The van der Waals surface area contributed by atoms with Crippen LogP contribution in [0, 0.1) is 6.92 Å². The maximum atomic E-state index is 11.9. The molecular formula is C17H21N3O2S. The lowest BCUT2D eigenvalue weighted by molar-refractivity contribution is -0.121. The SMILES string of the molecule is Cc1ncsc1-c1ccc(CNC(=O)C[C@H]2C[C@@H](O)CN2)cc1. The number of aromatic nitrogens is 1. The van der Waals surface area contributed by atoms with Gasteiger partial charge in [-0.3, -0.25) is 4.79 Å². The van der Waals surface area contributed by atoms with Crippen LogP contribution in [-0.2, 0) is 11.3 Å². The number of aliphatic hydroxyl groups is 1. The molecule has 0 bridgehead atoms. The lowest BCUT2D eigenvalue weighted by Gasteiger charge is -2.10. The van der Waals surface area contributed by atoms with Crippen molar-refractivity contribution in [3.8, 4) is 10.4 Å². The van der Waals surface area contributed by atoms with E-state index in [0.29, 0.717) is 25.9 Å². The fourth-order valence-corrected chi connectivity index (χ4v) is 3.61. The summed E-state index contributed by atoms with van der Waals surface area (Å²) in [6, 6.07) is 8.29. The zero-order valence-corrected chi connectivity index (χ0v) is 13.9. The van der Waals surface area contributed by atoms with Crippen molar-refractivity contribution in [3.63, 3.8) is 0 Å². The third-order valence-electron chi connectivity index (χ3n) is 4.08. The number of hydrogen-bond acceptors (Lipinski definition) is 5. The molecule has 0 aliphatic carbocycles. The average molecular weight is 331 g/mol. The lowest BCUT2D eigenvalue weighted by atomic mass is 10.1. The molecule has 1 aliphatic rings. The average Bonchev–Trinajstić information content (AvgIpc) is 3.14. The van der Waals surface area contributed by atoms with E-state index in [1.54, 1.807) is 11.3 Å². The number of benzene rings is 1. The summed E-state index contributed by atoms with van der Waals surface area (Å²) in [5, 5.41) is 15.5. The molecule has 3 rings (SSSR count). The quantitative estimate of drug-likeness (QED) is 0.782. The number of nitrogens with zero attached hydrogens (tertiary/aromatic N) is 1. The Bertz CT molecular complexity index is 669. The van der Waals surface area contributed by atoms with Crippen LogP contribution in [0.3, 0.4) is 0 Å². The van der Waals surface area contributed by atoms with Crippen LogP contribution in [0.1, 0.15) is 24.1 Å². The highest BCUT2D eigenvalue weighted by molar-refractivity contribution is 7.13. The molecule has 1 aromatic heterocycles. The molecule has 6 heteroatoms. The Morgan fingerprint density at radius 2 is 2.22 bits per heavy atom. The Hall–Kier alpha value is -1.76. The number of amides is 1. The minimum atomic E-state index is -0.324. The van der Waals surface area contributed by atoms with Crippen LogP contribution in [-0.4, -0.2) is 34.7 Å². The Labute approximate surface area is 139 Å². The number of nitrogens with one attached hydrogen (secondary N) is 2. The maximum absolute atomic E-state index is 11.9. The molecule has 23 heavy (non-hydrogen) atoms. The van der Waals surface area contributed by atoms with Gasteiger partial charge in [-0.1, -0.05) is 24.3 Å². The standard InChI is InChI=1S/C17H21N3O2S/c1-11-17(23-10-20-11)13-4-2-12(3-5-13)8-19-16(22)7-14-6-15(21)9-18-14/h2-5,10,14-15,18,21H,6-9H2,1H3,(H,19,22)/t14-,15-/m1/s1. The van der Waals surface area contributed by atoms with Crippen LogP contribution in [0.4, 0.5) is 0 Å². The topological polar surface area (TPSA) is 74.2 Å². The number of hydrogen-bond donors (Lipinski definition) is 3.